The number of aliphatic hydroxyl groups excluding tert-OH is 1. The molecule has 0 saturated heterocycles. The van der Waals surface area contributed by atoms with Crippen molar-refractivity contribution in [2.45, 2.75) is 6.61 Å². The number of aromatic nitrogens is 1. The van der Waals surface area contributed by atoms with Crippen LogP contribution in [0.1, 0.15) is 5.69 Å². The Labute approximate surface area is 84.4 Å². The van der Waals surface area contributed by atoms with Gasteiger partial charge >= 0.3 is 0 Å². The fraction of sp³-hybridized carbons (Fsp3) is 0.100. The van der Waals surface area contributed by atoms with E-state index in [1.165, 1.54) is 0 Å². The molecule has 0 atom stereocenters. The molecular formula is C10H8BrNO. The number of rotatable bonds is 1. The molecule has 2 aromatic rings. The summed E-state index contributed by atoms with van der Waals surface area (Å²) in [6, 6.07) is 9.79. The van der Waals surface area contributed by atoms with Crippen molar-refractivity contribution < 1.29 is 5.11 Å². The molecule has 0 unspecified atom stereocenters. The highest BCUT2D eigenvalue weighted by atomic mass is 79.9. The van der Waals surface area contributed by atoms with Crippen LogP contribution in [0, 0.1) is 0 Å². The van der Waals surface area contributed by atoms with Crippen molar-refractivity contribution in [3.8, 4) is 0 Å². The van der Waals surface area contributed by atoms with Gasteiger partial charge < -0.3 is 5.11 Å². The van der Waals surface area contributed by atoms with Crippen LogP contribution in [0.4, 0.5) is 0 Å². The van der Waals surface area contributed by atoms with Gasteiger partial charge in [0.1, 0.15) is 0 Å². The first kappa shape index (κ1) is 8.66. The van der Waals surface area contributed by atoms with Crippen molar-refractivity contribution in [2.24, 2.45) is 0 Å². The van der Waals surface area contributed by atoms with Gasteiger partial charge in [-0.05, 0) is 28.1 Å². The molecule has 66 valence electrons. The SMILES string of the molecule is OCc1nc2ccccc2cc1Br. The molecule has 1 heterocycles. The van der Waals surface area contributed by atoms with Gasteiger partial charge in [0.2, 0.25) is 0 Å². The van der Waals surface area contributed by atoms with Gasteiger partial charge in [-0.2, -0.15) is 0 Å². The number of hydrogen-bond acceptors (Lipinski definition) is 2. The van der Waals surface area contributed by atoms with Crippen molar-refractivity contribution in [2.75, 3.05) is 0 Å². The van der Waals surface area contributed by atoms with E-state index in [9.17, 15) is 0 Å². The Morgan fingerprint density at radius 3 is 2.85 bits per heavy atom. The smallest absolute Gasteiger partial charge is 0.0864 e. The van der Waals surface area contributed by atoms with E-state index in [-0.39, 0.29) is 6.61 Å². The van der Waals surface area contributed by atoms with E-state index in [1.807, 2.05) is 30.3 Å². The fourth-order valence-electron chi connectivity index (χ4n) is 1.24. The van der Waals surface area contributed by atoms with Crippen LogP contribution in [0.25, 0.3) is 10.9 Å². The number of aliphatic hydroxyl groups is 1. The zero-order valence-electron chi connectivity index (χ0n) is 6.87. The molecule has 1 N–H and O–H groups in total. The van der Waals surface area contributed by atoms with E-state index in [2.05, 4.69) is 20.9 Å². The number of hydrogen-bond donors (Lipinski definition) is 1. The second-order valence-corrected chi connectivity index (χ2v) is 3.62. The van der Waals surface area contributed by atoms with E-state index in [4.69, 9.17) is 5.11 Å². The maximum atomic E-state index is 8.99. The van der Waals surface area contributed by atoms with Gasteiger partial charge in [0, 0.05) is 9.86 Å². The third-order valence-corrected chi connectivity index (χ3v) is 2.59. The highest BCUT2D eigenvalue weighted by molar-refractivity contribution is 9.10. The average molecular weight is 238 g/mol. The number of benzene rings is 1. The summed E-state index contributed by atoms with van der Waals surface area (Å²) in [7, 11) is 0. The van der Waals surface area contributed by atoms with Crippen molar-refractivity contribution in [3.63, 3.8) is 0 Å². The van der Waals surface area contributed by atoms with Crippen molar-refractivity contribution in [1.29, 1.82) is 0 Å². The van der Waals surface area contributed by atoms with Gasteiger partial charge in [0.05, 0.1) is 17.8 Å². The van der Waals surface area contributed by atoms with Crippen LogP contribution in [0.2, 0.25) is 0 Å². The molecule has 1 aromatic carbocycles. The first-order valence-electron chi connectivity index (χ1n) is 3.96. The van der Waals surface area contributed by atoms with Gasteiger partial charge in [0.25, 0.3) is 0 Å². The minimum atomic E-state index is -0.0363. The summed E-state index contributed by atoms with van der Waals surface area (Å²) >= 11 is 3.36. The summed E-state index contributed by atoms with van der Waals surface area (Å²) in [6.07, 6.45) is 0. The first-order chi connectivity index (χ1) is 6.31. The second-order valence-electron chi connectivity index (χ2n) is 2.77. The van der Waals surface area contributed by atoms with Crippen molar-refractivity contribution >= 4 is 26.8 Å². The lowest BCUT2D eigenvalue weighted by Gasteiger charge is -2.02. The number of para-hydroxylation sites is 1. The standard InChI is InChI=1S/C10H8BrNO/c11-8-5-7-3-1-2-4-9(7)12-10(8)6-13/h1-5,13H,6H2. The Morgan fingerprint density at radius 1 is 1.31 bits per heavy atom. The molecule has 0 radical (unpaired) electrons. The third-order valence-electron chi connectivity index (χ3n) is 1.90. The minimum absolute atomic E-state index is 0.0363. The zero-order chi connectivity index (χ0) is 9.26. The Morgan fingerprint density at radius 2 is 2.08 bits per heavy atom. The summed E-state index contributed by atoms with van der Waals surface area (Å²) in [5.41, 5.74) is 1.59. The maximum absolute atomic E-state index is 8.99. The Kier molecular flexibility index (Phi) is 2.29. The molecule has 0 saturated carbocycles. The number of pyridine rings is 1. The number of nitrogens with zero attached hydrogens (tertiary/aromatic N) is 1. The topological polar surface area (TPSA) is 33.1 Å². The molecule has 2 nitrogen and oxygen atoms in total. The highest BCUT2D eigenvalue weighted by Gasteiger charge is 2.01. The molecule has 0 amide bonds. The third kappa shape index (κ3) is 1.57. The van der Waals surface area contributed by atoms with E-state index in [1.54, 1.807) is 0 Å². The fourth-order valence-corrected chi connectivity index (χ4v) is 1.70. The van der Waals surface area contributed by atoms with Crippen LogP contribution in [-0.2, 0) is 6.61 Å². The molecule has 3 heteroatoms. The molecule has 0 bridgehead atoms. The molecule has 0 aliphatic rings. The van der Waals surface area contributed by atoms with Crippen LogP contribution in [0.5, 0.6) is 0 Å². The molecule has 0 fully saturated rings. The molecule has 0 aliphatic carbocycles. The molecule has 1 aromatic heterocycles. The lowest BCUT2D eigenvalue weighted by molar-refractivity contribution is 0.276. The minimum Gasteiger partial charge on any atom is -0.390 e. The largest absolute Gasteiger partial charge is 0.390 e. The predicted molar refractivity (Wildman–Crippen MR) is 55.4 cm³/mol. The van der Waals surface area contributed by atoms with E-state index >= 15 is 0 Å². The lowest BCUT2D eigenvalue weighted by Crippen LogP contribution is -1.91. The van der Waals surface area contributed by atoms with Gasteiger partial charge in [-0.25, -0.2) is 4.98 Å². The van der Waals surface area contributed by atoms with Crippen LogP contribution >= 0.6 is 15.9 Å². The second kappa shape index (κ2) is 3.44. The quantitative estimate of drug-likeness (QED) is 0.827. The Bertz CT molecular complexity index is 442. The monoisotopic (exact) mass is 237 g/mol. The molecule has 0 spiro atoms. The van der Waals surface area contributed by atoms with Crippen LogP contribution in [-0.4, -0.2) is 10.1 Å². The normalized spacial score (nSPS) is 10.6. The summed E-state index contributed by atoms with van der Waals surface area (Å²) in [5, 5.41) is 10.1. The Balaban J connectivity index is 2.74. The van der Waals surface area contributed by atoms with Gasteiger partial charge in [-0.15, -0.1) is 0 Å². The van der Waals surface area contributed by atoms with Crippen molar-refractivity contribution in [1.82, 2.24) is 4.98 Å². The van der Waals surface area contributed by atoms with Gasteiger partial charge in [0.15, 0.2) is 0 Å². The summed E-state index contributed by atoms with van der Waals surface area (Å²) in [6.45, 7) is -0.0363. The Hall–Kier alpha value is -0.930. The van der Waals surface area contributed by atoms with Gasteiger partial charge in [-0.3, -0.25) is 0 Å². The predicted octanol–water partition coefficient (Wildman–Crippen LogP) is 2.49. The zero-order valence-corrected chi connectivity index (χ0v) is 8.45. The lowest BCUT2D eigenvalue weighted by atomic mass is 10.2. The first-order valence-corrected chi connectivity index (χ1v) is 4.75. The summed E-state index contributed by atoms with van der Waals surface area (Å²) in [5.74, 6) is 0. The van der Waals surface area contributed by atoms with Crippen LogP contribution in [0.15, 0.2) is 34.8 Å². The van der Waals surface area contributed by atoms with Crippen LogP contribution in [0.3, 0.4) is 0 Å². The summed E-state index contributed by atoms with van der Waals surface area (Å²) in [4.78, 5) is 4.30. The maximum Gasteiger partial charge on any atom is 0.0864 e. The highest BCUT2D eigenvalue weighted by Crippen LogP contribution is 2.20. The molecular weight excluding hydrogens is 230 g/mol. The van der Waals surface area contributed by atoms with Crippen LogP contribution < -0.4 is 0 Å². The summed E-state index contributed by atoms with van der Waals surface area (Å²) < 4.78 is 0.855. The van der Waals surface area contributed by atoms with E-state index in [0.29, 0.717) is 5.69 Å². The number of halogens is 1. The van der Waals surface area contributed by atoms with Crippen molar-refractivity contribution in [3.05, 3.63) is 40.5 Å². The molecule has 2 rings (SSSR count). The van der Waals surface area contributed by atoms with E-state index in [0.717, 1.165) is 15.4 Å². The average Bonchev–Trinajstić information content (AvgIpc) is 2.17. The molecule has 0 aliphatic heterocycles. The number of fused-ring (bicyclic) bond motifs is 1. The van der Waals surface area contributed by atoms with E-state index < -0.39 is 0 Å². The molecule has 13 heavy (non-hydrogen) atoms. The van der Waals surface area contributed by atoms with Gasteiger partial charge in [-0.1, -0.05) is 18.2 Å².